The molecule has 0 heterocycles. The first-order chi connectivity index (χ1) is 9.45. The molecule has 0 spiro atoms. The number of hydrogen-bond acceptors (Lipinski definition) is 5. The van der Waals surface area contributed by atoms with Gasteiger partial charge in [0.1, 0.15) is 18.4 Å². The van der Waals surface area contributed by atoms with Gasteiger partial charge < -0.3 is 15.2 Å². The summed E-state index contributed by atoms with van der Waals surface area (Å²) in [6.45, 7) is 2.19. The van der Waals surface area contributed by atoms with Gasteiger partial charge in [-0.25, -0.2) is 0 Å². The predicted octanol–water partition coefficient (Wildman–Crippen LogP) is 1.57. The molecule has 0 bridgehead atoms. The molecule has 0 fully saturated rings. The number of ether oxygens (including phenoxy) is 1. The van der Waals surface area contributed by atoms with Gasteiger partial charge in [-0.1, -0.05) is 6.92 Å². The van der Waals surface area contributed by atoms with Gasteiger partial charge in [0.25, 0.3) is 0 Å². The molecule has 8 heteroatoms. The number of nitrogens with one attached hydrogen (secondary N) is 1. The lowest BCUT2D eigenvalue weighted by atomic mass is 10.3. The minimum Gasteiger partial charge on any atom is -0.491 e. The molecule has 1 unspecified atom stereocenters. The molecular formula is C12H15FN2O5. The second-order valence-corrected chi connectivity index (χ2v) is 4.03. The van der Waals surface area contributed by atoms with Crippen molar-refractivity contribution in [3.05, 3.63) is 34.1 Å². The van der Waals surface area contributed by atoms with Gasteiger partial charge in [0.15, 0.2) is 0 Å². The van der Waals surface area contributed by atoms with Crippen molar-refractivity contribution in [3.63, 3.8) is 0 Å². The number of carbonyl (C=O) groups is 1. The van der Waals surface area contributed by atoms with Crippen molar-refractivity contribution >= 4 is 11.7 Å². The van der Waals surface area contributed by atoms with Crippen molar-refractivity contribution in [1.82, 2.24) is 5.32 Å². The molecule has 0 aliphatic carbocycles. The van der Waals surface area contributed by atoms with Crippen LogP contribution in [-0.2, 0) is 4.79 Å². The summed E-state index contributed by atoms with van der Waals surface area (Å²) in [5.41, 5.74) is -0.656. The summed E-state index contributed by atoms with van der Waals surface area (Å²) in [7, 11) is 0. The van der Waals surface area contributed by atoms with Crippen LogP contribution in [0.3, 0.4) is 0 Å². The first-order valence-corrected chi connectivity index (χ1v) is 5.98. The standard InChI is InChI=1S/C12H15FN2O5/c1-2-5-14-10(12(16)17)7-20-8-3-4-11(15(18)19)9(13)6-8/h3-4,6,10,14H,2,5,7H2,1H3,(H,16,17). The van der Waals surface area contributed by atoms with E-state index in [0.29, 0.717) is 6.54 Å². The number of carboxylic acids is 1. The number of benzene rings is 1. The summed E-state index contributed by atoms with van der Waals surface area (Å²) >= 11 is 0. The van der Waals surface area contributed by atoms with Crippen LogP contribution in [0.1, 0.15) is 13.3 Å². The Labute approximate surface area is 114 Å². The number of nitrogens with zero attached hydrogens (tertiary/aromatic N) is 1. The van der Waals surface area contributed by atoms with Crippen LogP contribution in [0.25, 0.3) is 0 Å². The highest BCUT2D eigenvalue weighted by atomic mass is 19.1. The number of hydrogen-bond donors (Lipinski definition) is 2. The van der Waals surface area contributed by atoms with E-state index in [0.717, 1.165) is 18.6 Å². The Morgan fingerprint density at radius 1 is 1.60 bits per heavy atom. The average molecular weight is 286 g/mol. The van der Waals surface area contributed by atoms with E-state index in [9.17, 15) is 19.3 Å². The zero-order valence-electron chi connectivity index (χ0n) is 10.8. The Bertz CT molecular complexity index is 495. The molecule has 1 rings (SSSR count). The fourth-order valence-corrected chi connectivity index (χ4v) is 1.44. The molecule has 1 aromatic rings. The first-order valence-electron chi connectivity index (χ1n) is 5.98. The van der Waals surface area contributed by atoms with E-state index >= 15 is 0 Å². The number of rotatable bonds is 8. The molecular weight excluding hydrogens is 271 g/mol. The smallest absolute Gasteiger partial charge is 0.324 e. The minimum atomic E-state index is -1.08. The van der Waals surface area contributed by atoms with Crippen molar-refractivity contribution in [2.75, 3.05) is 13.2 Å². The topological polar surface area (TPSA) is 102 Å². The maximum atomic E-state index is 13.3. The Morgan fingerprint density at radius 3 is 2.80 bits per heavy atom. The summed E-state index contributed by atoms with van der Waals surface area (Å²) in [6, 6.07) is 2.13. The zero-order chi connectivity index (χ0) is 15.1. The van der Waals surface area contributed by atoms with Crippen LogP contribution in [-0.4, -0.2) is 35.2 Å². The van der Waals surface area contributed by atoms with Crippen LogP contribution in [0.15, 0.2) is 18.2 Å². The number of halogens is 1. The van der Waals surface area contributed by atoms with Crippen molar-refractivity contribution < 1.29 is 24.0 Å². The van der Waals surface area contributed by atoms with Crippen LogP contribution < -0.4 is 10.1 Å². The Morgan fingerprint density at radius 2 is 2.30 bits per heavy atom. The van der Waals surface area contributed by atoms with E-state index in [1.165, 1.54) is 6.07 Å². The van der Waals surface area contributed by atoms with Crippen molar-refractivity contribution in [2.45, 2.75) is 19.4 Å². The van der Waals surface area contributed by atoms with E-state index in [4.69, 9.17) is 9.84 Å². The molecule has 110 valence electrons. The van der Waals surface area contributed by atoms with E-state index in [1.807, 2.05) is 6.92 Å². The van der Waals surface area contributed by atoms with E-state index in [2.05, 4.69) is 5.32 Å². The van der Waals surface area contributed by atoms with E-state index in [-0.39, 0.29) is 12.4 Å². The van der Waals surface area contributed by atoms with Crippen LogP contribution in [0, 0.1) is 15.9 Å². The molecule has 0 radical (unpaired) electrons. The number of aliphatic carboxylic acids is 1. The summed E-state index contributed by atoms with van der Waals surface area (Å²) < 4.78 is 18.5. The van der Waals surface area contributed by atoms with Crippen LogP contribution >= 0.6 is 0 Å². The van der Waals surface area contributed by atoms with Gasteiger partial charge in [0.2, 0.25) is 5.82 Å². The second-order valence-electron chi connectivity index (χ2n) is 4.03. The van der Waals surface area contributed by atoms with Gasteiger partial charge in [0, 0.05) is 12.1 Å². The van der Waals surface area contributed by atoms with Crippen molar-refractivity contribution in [2.24, 2.45) is 0 Å². The fraction of sp³-hybridized carbons (Fsp3) is 0.417. The van der Waals surface area contributed by atoms with Gasteiger partial charge >= 0.3 is 11.7 Å². The molecule has 1 aromatic carbocycles. The molecule has 0 amide bonds. The highest BCUT2D eigenvalue weighted by Crippen LogP contribution is 2.22. The van der Waals surface area contributed by atoms with Gasteiger partial charge in [0.05, 0.1) is 4.92 Å². The highest BCUT2D eigenvalue weighted by molar-refractivity contribution is 5.73. The van der Waals surface area contributed by atoms with Gasteiger partial charge in [-0.2, -0.15) is 4.39 Å². The summed E-state index contributed by atoms with van der Waals surface area (Å²) in [5.74, 6) is -2.07. The summed E-state index contributed by atoms with van der Waals surface area (Å²) in [6.07, 6.45) is 0.760. The molecule has 20 heavy (non-hydrogen) atoms. The highest BCUT2D eigenvalue weighted by Gasteiger charge is 2.18. The SMILES string of the molecule is CCCNC(COc1ccc([N+](=O)[O-])c(F)c1)C(=O)O. The van der Waals surface area contributed by atoms with E-state index < -0.39 is 28.4 Å². The lowest BCUT2D eigenvalue weighted by Gasteiger charge is -2.14. The Balaban J connectivity index is 2.66. The third-order valence-corrected chi connectivity index (χ3v) is 2.47. The fourth-order valence-electron chi connectivity index (χ4n) is 1.44. The molecule has 0 aliphatic rings. The third-order valence-electron chi connectivity index (χ3n) is 2.47. The maximum Gasteiger partial charge on any atom is 0.324 e. The summed E-state index contributed by atoms with van der Waals surface area (Å²) in [4.78, 5) is 20.5. The third kappa shape index (κ3) is 4.47. The lowest BCUT2D eigenvalue weighted by molar-refractivity contribution is -0.387. The summed E-state index contributed by atoms with van der Waals surface area (Å²) in [5, 5.41) is 22.1. The normalized spacial score (nSPS) is 11.9. The van der Waals surface area contributed by atoms with Crippen LogP contribution in [0.2, 0.25) is 0 Å². The minimum absolute atomic E-state index is 0.0395. The van der Waals surface area contributed by atoms with Crippen molar-refractivity contribution in [3.8, 4) is 5.75 Å². The largest absolute Gasteiger partial charge is 0.491 e. The number of nitro groups is 1. The quantitative estimate of drug-likeness (QED) is 0.555. The van der Waals surface area contributed by atoms with Crippen LogP contribution in [0.5, 0.6) is 5.75 Å². The molecule has 0 saturated carbocycles. The van der Waals surface area contributed by atoms with Gasteiger partial charge in [-0.3, -0.25) is 14.9 Å². The van der Waals surface area contributed by atoms with Crippen LogP contribution in [0.4, 0.5) is 10.1 Å². The molecule has 0 aromatic heterocycles. The molecule has 0 aliphatic heterocycles. The van der Waals surface area contributed by atoms with Gasteiger partial charge in [-0.15, -0.1) is 0 Å². The number of nitro benzene ring substituents is 1. The average Bonchev–Trinajstić information content (AvgIpc) is 2.38. The number of carboxylic acid groups (broad SMARTS) is 1. The van der Waals surface area contributed by atoms with Gasteiger partial charge in [-0.05, 0) is 19.0 Å². The molecule has 1 atom stereocenters. The monoisotopic (exact) mass is 286 g/mol. The van der Waals surface area contributed by atoms with E-state index in [1.54, 1.807) is 0 Å². The maximum absolute atomic E-state index is 13.3. The first kappa shape index (κ1) is 15.8. The second kappa shape index (κ2) is 7.39. The lowest BCUT2D eigenvalue weighted by Crippen LogP contribution is -2.41. The Kier molecular flexibility index (Phi) is 5.85. The van der Waals surface area contributed by atoms with Crippen molar-refractivity contribution in [1.29, 1.82) is 0 Å². The molecule has 7 nitrogen and oxygen atoms in total. The molecule has 2 N–H and O–H groups in total. The predicted molar refractivity (Wildman–Crippen MR) is 68.3 cm³/mol. The molecule has 0 saturated heterocycles. The zero-order valence-corrected chi connectivity index (χ0v) is 10.8. The Hall–Kier alpha value is -2.22.